The lowest BCUT2D eigenvalue weighted by Crippen LogP contribution is -2.15. The van der Waals surface area contributed by atoms with Crippen LogP contribution >= 0.6 is 0 Å². The van der Waals surface area contributed by atoms with Gasteiger partial charge in [-0.25, -0.2) is 0 Å². The number of fused-ring (bicyclic) bond motifs is 1. The highest BCUT2D eigenvalue weighted by Crippen LogP contribution is 2.27. The predicted molar refractivity (Wildman–Crippen MR) is 57.6 cm³/mol. The molecule has 14 heavy (non-hydrogen) atoms. The van der Waals surface area contributed by atoms with Gasteiger partial charge in [0.15, 0.2) is 0 Å². The maximum absolute atomic E-state index is 11.4. The monoisotopic (exact) mass is 188 g/mol. The first-order valence-corrected chi connectivity index (χ1v) is 5.31. The molecule has 1 nitrogen and oxygen atoms in total. The minimum absolute atomic E-state index is 0.394. The van der Waals surface area contributed by atoms with E-state index in [1.807, 2.05) is 0 Å². The Balaban J connectivity index is 2.48. The molecule has 0 aliphatic heterocycles. The summed E-state index contributed by atoms with van der Waals surface area (Å²) in [5.74, 6) is 0.918. The molecule has 0 heterocycles. The quantitative estimate of drug-likeness (QED) is 0.662. The van der Waals surface area contributed by atoms with E-state index in [1.165, 1.54) is 16.7 Å². The van der Waals surface area contributed by atoms with Gasteiger partial charge in [0.05, 0.1) is 0 Å². The van der Waals surface area contributed by atoms with Crippen LogP contribution in [0, 0.1) is 0 Å². The van der Waals surface area contributed by atoms with Gasteiger partial charge < -0.3 is 0 Å². The molecule has 0 N–H and O–H groups in total. The second-order valence-corrected chi connectivity index (χ2v) is 4.36. The number of benzene rings is 1. The molecule has 1 aromatic rings. The van der Waals surface area contributed by atoms with Crippen molar-refractivity contribution in [2.45, 2.75) is 39.0 Å². The van der Waals surface area contributed by atoms with Crippen molar-refractivity contribution >= 4 is 5.78 Å². The van der Waals surface area contributed by atoms with Crippen LogP contribution in [0.3, 0.4) is 0 Å². The molecule has 0 radical (unpaired) electrons. The maximum atomic E-state index is 11.4. The van der Waals surface area contributed by atoms with Gasteiger partial charge in [-0.15, -0.1) is 0 Å². The summed E-state index contributed by atoms with van der Waals surface area (Å²) in [6.07, 6.45) is 2.33. The number of hydrogen-bond donors (Lipinski definition) is 0. The van der Waals surface area contributed by atoms with E-state index in [1.54, 1.807) is 0 Å². The summed E-state index contributed by atoms with van der Waals surface area (Å²) < 4.78 is 0. The van der Waals surface area contributed by atoms with E-state index in [9.17, 15) is 4.79 Å². The first-order chi connectivity index (χ1) is 6.68. The molecule has 1 aliphatic rings. The van der Waals surface area contributed by atoms with Gasteiger partial charge in [-0.3, -0.25) is 4.79 Å². The number of carbonyl (C=O) groups is 1. The molecule has 2 rings (SSSR count). The lowest BCUT2D eigenvalue weighted by Gasteiger charge is -2.20. The smallest absolute Gasteiger partial charge is 0.137 e. The van der Waals surface area contributed by atoms with Crippen LogP contribution in [0.1, 0.15) is 42.9 Å². The van der Waals surface area contributed by atoms with Crippen molar-refractivity contribution in [2.75, 3.05) is 0 Å². The van der Waals surface area contributed by atoms with Crippen molar-refractivity contribution in [2.24, 2.45) is 0 Å². The average molecular weight is 188 g/mol. The largest absolute Gasteiger partial charge is 0.299 e. The number of ketones is 1. The van der Waals surface area contributed by atoms with E-state index in [0.29, 0.717) is 18.1 Å². The molecule has 74 valence electrons. The number of aryl methyl sites for hydroxylation is 1. The van der Waals surface area contributed by atoms with Crippen molar-refractivity contribution in [3.8, 4) is 0 Å². The van der Waals surface area contributed by atoms with Crippen LogP contribution in [-0.4, -0.2) is 5.78 Å². The van der Waals surface area contributed by atoms with Gasteiger partial charge in [0, 0.05) is 12.8 Å². The molecule has 0 fully saturated rings. The first-order valence-electron chi connectivity index (χ1n) is 5.31. The third-order valence-corrected chi connectivity index (χ3v) is 2.98. The molecule has 1 aliphatic carbocycles. The van der Waals surface area contributed by atoms with Crippen molar-refractivity contribution in [1.82, 2.24) is 0 Å². The Morgan fingerprint density at radius 1 is 1.21 bits per heavy atom. The first kappa shape index (κ1) is 9.45. The van der Waals surface area contributed by atoms with Crippen molar-refractivity contribution in [3.05, 3.63) is 34.9 Å². The predicted octanol–water partition coefficient (Wildman–Crippen LogP) is 2.87. The molecule has 0 saturated carbocycles. The van der Waals surface area contributed by atoms with E-state index in [2.05, 4.69) is 32.0 Å². The fourth-order valence-corrected chi connectivity index (χ4v) is 2.20. The normalized spacial score (nSPS) is 15.8. The fraction of sp³-hybridized carbons (Fsp3) is 0.462. The fourth-order valence-electron chi connectivity index (χ4n) is 2.20. The van der Waals surface area contributed by atoms with Gasteiger partial charge in [0.1, 0.15) is 5.78 Å². The zero-order chi connectivity index (χ0) is 10.1. The van der Waals surface area contributed by atoms with E-state index in [-0.39, 0.29) is 0 Å². The van der Waals surface area contributed by atoms with Gasteiger partial charge in [-0.1, -0.05) is 32.0 Å². The molecule has 0 spiro atoms. The second-order valence-electron chi connectivity index (χ2n) is 4.36. The third-order valence-electron chi connectivity index (χ3n) is 2.98. The third kappa shape index (κ3) is 1.59. The molecule has 0 amide bonds. The standard InChI is InChI=1S/C13H16O/c1-9(2)12-5-3-4-10-6-7-11(14)8-13(10)12/h3-5,9H,6-8H2,1-2H3. The second kappa shape index (κ2) is 3.56. The Bertz CT molecular complexity index is 363. The van der Waals surface area contributed by atoms with Gasteiger partial charge in [0.2, 0.25) is 0 Å². The molecular weight excluding hydrogens is 172 g/mol. The Labute approximate surface area is 85.1 Å². The summed E-state index contributed by atoms with van der Waals surface area (Å²) in [4.78, 5) is 11.4. The van der Waals surface area contributed by atoms with Crippen molar-refractivity contribution < 1.29 is 4.79 Å². The Morgan fingerprint density at radius 2 is 2.00 bits per heavy atom. The molecule has 1 aromatic carbocycles. The lowest BCUT2D eigenvalue weighted by molar-refractivity contribution is -0.118. The Morgan fingerprint density at radius 3 is 2.71 bits per heavy atom. The highest BCUT2D eigenvalue weighted by Gasteiger charge is 2.18. The molecular formula is C13H16O. The van der Waals surface area contributed by atoms with Gasteiger partial charge in [0.25, 0.3) is 0 Å². The topological polar surface area (TPSA) is 17.1 Å². The van der Waals surface area contributed by atoms with Crippen LogP contribution in [0.25, 0.3) is 0 Å². The molecule has 0 atom stereocenters. The Hall–Kier alpha value is -1.11. The van der Waals surface area contributed by atoms with E-state index < -0.39 is 0 Å². The highest BCUT2D eigenvalue weighted by molar-refractivity contribution is 5.83. The molecule has 0 bridgehead atoms. The van der Waals surface area contributed by atoms with Gasteiger partial charge in [-0.05, 0) is 29.0 Å². The SMILES string of the molecule is CC(C)c1cccc2c1CC(=O)CC2. The lowest BCUT2D eigenvalue weighted by atomic mass is 9.84. The van der Waals surface area contributed by atoms with Crippen LogP contribution in [0.5, 0.6) is 0 Å². The van der Waals surface area contributed by atoms with Crippen LogP contribution in [-0.2, 0) is 17.6 Å². The highest BCUT2D eigenvalue weighted by atomic mass is 16.1. The summed E-state index contributed by atoms with van der Waals surface area (Å²) in [6, 6.07) is 6.43. The summed E-state index contributed by atoms with van der Waals surface area (Å²) in [5.41, 5.74) is 4.05. The average Bonchev–Trinajstić information content (AvgIpc) is 2.16. The summed E-state index contributed by atoms with van der Waals surface area (Å²) in [5, 5.41) is 0. The molecule has 0 aromatic heterocycles. The van der Waals surface area contributed by atoms with Crippen LogP contribution in [0.15, 0.2) is 18.2 Å². The van der Waals surface area contributed by atoms with Crippen molar-refractivity contribution in [3.63, 3.8) is 0 Å². The minimum atomic E-state index is 0.394. The molecule has 0 unspecified atom stereocenters. The number of hydrogen-bond acceptors (Lipinski definition) is 1. The van der Waals surface area contributed by atoms with Gasteiger partial charge >= 0.3 is 0 Å². The number of rotatable bonds is 1. The van der Waals surface area contributed by atoms with Crippen LogP contribution in [0.2, 0.25) is 0 Å². The zero-order valence-corrected chi connectivity index (χ0v) is 8.84. The Kier molecular flexibility index (Phi) is 2.40. The molecule has 0 saturated heterocycles. The van der Waals surface area contributed by atoms with Crippen LogP contribution < -0.4 is 0 Å². The minimum Gasteiger partial charge on any atom is -0.299 e. The summed E-state index contributed by atoms with van der Waals surface area (Å²) in [7, 11) is 0. The summed E-state index contributed by atoms with van der Waals surface area (Å²) >= 11 is 0. The van der Waals surface area contributed by atoms with Crippen LogP contribution in [0.4, 0.5) is 0 Å². The molecule has 1 heteroatoms. The number of carbonyl (C=O) groups excluding carboxylic acids is 1. The van der Waals surface area contributed by atoms with Gasteiger partial charge in [-0.2, -0.15) is 0 Å². The van der Waals surface area contributed by atoms with E-state index >= 15 is 0 Å². The maximum Gasteiger partial charge on any atom is 0.137 e. The van der Waals surface area contributed by atoms with E-state index in [0.717, 1.165) is 12.8 Å². The van der Waals surface area contributed by atoms with E-state index in [4.69, 9.17) is 0 Å². The van der Waals surface area contributed by atoms with Crippen molar-refractivity contribution in [1.29, 1.82) is 0 Å². The zero-order valence-electron chi connectivity index (χ0n) is 8.84. The summed E-state index contributed by atoms with van der Waals surface area (Å²) in [6.45, 7) is 4.38. The number of Topliss-reactive ketones (excluding diaryl/α,β-unsaturated/α-hetero) is 1.